The Labute approximate surface area is 148 Å². The standard InChI is InChI=1S/C16H20N4O2S.ClH/c17-9-13-7-4-8-15(13)20-23(21,22)14-10-18-16(19-11-14)12-5-2-1-3-6-12;/h1-3,5-6,10-11,13,15,20H,4,7-9,17H2;1H. The van der Waals surface area contributed by atoms with E-state index < -0.39 is 10.0 Å². The van der Waals surface area contributed by atoms with Gasteiger partial charge in [-0.3, -0.25) is 0 Å². The summed E-state index contributed by atoms with van der Waals surface area (Å²) >= 11 is 0. The Morgan fingerprint density at radius 2 is 1.79 bits per heavy atom. The molecule has 1 aromatic heterocycles. The Hall–Kier alpha value is -1.54. The molecule has 2 aromatic rings. The van der Waals surface area contributed by atoms with Crippen molar-refractivity contribution in [3.8, 4) is 11.4 Å². The van der Waals surface area contributed by atoms with Gasteiger partial charge in [-0.1, -0.05) is 36.8 Å². The maximum absolute atomic E-state index is 12.5. The van der Waals surface area contributed by atoms with Gasteiger partial charge in [-0.05, 0) is 25.3 Å². The third-order valence-electron chi connectivity index (χ3n) is 4.24. The van der Waals surface area contributed by atoms with E-state index in [9.17, 15) is 8.42 Å². The second-order valence-corrected chi connectivity index (χ2v) is 7.48. The largest absolute Gasteiger partial charge is 0.330 e. The average Bonchev–Trinajstić information content (AvgIpc) is 3.02. The van der Waals surface area contributed by atoms with Crippen molar-refractivity contribution >= 4 is 22.4 Å². The lowest BCUT2D eigenvalue weighted by molar-refractivity contribution is 0.452. The molecule has 130 valence electrons. The van der Waals surface area contributed by atoms with Gasteiger partial charge in [0.05, 0.1) is 12.4 Å². The molecule has 6 nitrogen and oxygen atoms in total. The molecule has 0 saturated heterocycles. The molecule has 2 atom stereocenters. The summed E-state index contributed by atoms with van der Waals surface area (Å²) in [5.41, 5.74) is 6.56. The first-order chi connectivity index (χ1) is 11.1. The predicted octanol–water partition coefficient (Wildman–Crippen LogP) is 1.97. The number of benzene rings is 1. The minimum Gasteiger partial charge on any atom is -0.330 e. The summed E-state index contributed by atoms with van der Waals surface area (Å²) in [6, 6.07) is 9.34. The first-order valence-corrected chi connectivity index (χ1v) is 9.18. The number of halogens is 1. The summed E-state index contributed by atoms with van der Waals surface area (Å²) in [6.07, 6.45) is 5.49. The number of sulfonamides is 1. The van der Waals surface area contributed by atoms with Crippen LogP contribution in [0.25, 0.3) is 11.4 Å². The lowest BCUT2D eigenvalue weighted by Gasteiger charge is -2.19. The highest BCUT2D eigenvalue weighted by molar-refractivity contribution is 7.89. The van der Waals surface area contributed by atoms with Gasteiger partial charge in [0.15, 0.2) is 5.82 Å². The summed E-state index contributed by atoms with van der Waals surface area (Å²) in [4.78, 5) is 8.43. The first-order valence-electron chi connectivity index (χ1n) is 7.70. The molecule has 1 saturated carbocycles. The van der Waals surface area contributed by atoms with Crippen molar-refractivity contribution in [3.63, 3.8) is 0 Å². The SMILES string of the molecule is Cl.NCC1CCCC1NS(=O)(=O)c1cnc(-c2ccccc2)nc1. The Morgan fingerprint density at radius 1 is 1.12 bits per heavy atom. The fraction of sp³-hybridized carbons (Fsp3) is 0.375. The zero-order chi connectivity index (χ0) is 16.3. The zero-order valence-electron chi connectivity index (χ0n) is 13.1. The van der Waals surface area contributed by atoms with Crippen molar-refractivity contribution in [2.45, 2.75) is 30.2 Å². The van der Waals surface area contributed by atoms with Crippen LogP contribution in [0.3, 0.4) is 0 Å². The van der Waals surface area contributed by atoms with Gasteiger partial charge in [-0.2, -0.15) is 0 Å². The maximum atomic E-state index is 12.5. The summed E-state index contributed by atoms with van der Waals surface area (Å²) in [7, 11) is -3.62. The van der Waals surface area contributed by atoms with Crippen LogP contribution in [0, 0.1) is 5.92 Å². The molecular weight excluding hydrogens is 348 g/mol. The van der Waals surface area contributed by atoms with Crippen molar-refractivity contribution in [2.75, 3.05) is 6.54 Å². The normalized spacial score (nSPS) is 20.5. The highest BCUT2D eigenvalue weighted by Crippen LogP contribution is 2.26. The van der Waals surface area contributed by atoms with E-state index in [-0.39, 0.29) is 29.3 Å². The molecule has 0 amide bonds. The monoisotopic (exact) mass is 368 g/mol. The molecule has 24 heavy (non-hydrogen) atoms. The Morgan fingerprint density at radius 3 is 2.42 bits per heavy atom. The van der Waals surface area contributed by atoms with Crippen LogP contribution in [0.1, 0.15) is 19.3 Å². The smallest absolute Gasteiger partial charge is 0.243 e. The van der Waals surface area contributed by atoms with Crippen LogP contribution in [-0.4, -0.2) is 31.0 Å². The summed E-state index contributed by atoms with van der Waals surface area (Å²) < 4.78 is 27.7. The molecule has 8 heteroatoms. The Balaban J connectivity index is 0.00000208. The van der Waals surface area contributed by atoms with Gasteiger partial charge in [0.2, 0.25) is 10.0 Å². The van der Waals surface area contributed by atoms with Gasteiger partial charge in [0.25, 0.3) is 0 Å². The summed E-state index contributed by atoms with van der Waals surface area (Å²) in [6.45, 7) is 0.497. The molecule has 1 heterocycles. The van der Waals surface area contributed by atoms with Gasteiger partial charge in [-0.15, -0.1) is 12.4 Å². The topological polar surface area (TPSA) is 98.0 Å². The third kappa shape index (κ3) is 4.10. The van der Waals surface area contributed by atoms with Crippen LogP contribution in [0.5, 0.6) is 0 Å². The number of rotatable bonds is 5. The molecule has 1 aliphatic rings. The van der Waals surface area contributed by atoms with Crippen molar-refractivity contribution in [1.82, 2.24) is 14.7 Å². The molecule has 0 aliphatic heterocycles. The van der Waals surface area contributed by atoms with Gasteiger partial charge in [-0.25, -0.2) is 23.1 Å². The highest BCUT2D eigenvalue weighted by Gasteiger charge is 2.30. The van der Waals surface area contributed by atoms with Gasteiger partial charge in [0, 0.05) is 11.6 Å². The lowest BCUT2D eigenvalue weighted by atomic mass is 10.1. The average molecular weight is 369 g/mol. The van der Waals surface area contributed by atoms with Crippen molar-refractivity contribution in [2.24, 2.45) is 11.7 Å². The van der Waals surface area contributed by atoms with E-state index in [1.807, 2.05) is 30.3 Å². The van der Waals surface area contributed by atoms with E-state index in [2.05, 4.69) is 14.7 Å². The molecule has 1 aromatic carbocycles. The fourth-order valence-electron chi connectivity index (χ4n) is 2.93. The summed E-state index contributed by atoms with van der Waals surface area (Å²) in [5.74, 6) is 0.708. The molecule has 1 aliphatic carbocycles. The van der Waals surface area contributed by atoms with Gasteiger partial charge < -0.3 is 5.73 Å². The number of nitrogens with two attached hydrogens (primary N) is 1. The minimum absolute atomic E-state index is 0. The minimum atomic E-state index is -3.62. The second-order valence-electron chi connectivity index (χ2n) is 5.76. The van der Waals surface area contributed by atoms with Crippen LogP contribution in [-0.2, 0) is 10.0 Å². The molecule has 0 bridgehead atoms. The van der Waals surface area contributed by atoms with Crippen LogP contribution in [0.4, 0.5) is 0 Å². The predicted molar refractivity (Wildman–Crippen MR) is 95.2 cm³/mol. The Kier molecular flexibility index (Phi) is 6.28. The van der Waals surface area contributed by atoms with E-state index in [0.717, 1.165) is 24.8 Å². The highest BCUT2D eigenvalue weighted by atomic mass is 35.5. The van der Waals surface area contributed by atoms with E-state index in [0.29, 0.717) is 12.4 Å². The zero-order valence-corrected chi connectivity index (χ0v) is 14.8. The number of aromatic nitrogens is 2. The first kappa shape index (κ1) is 18.8. The van der Waals surface area contributed by atoms with Crippen molar-refractivity contribution < 1.29 is 8.42 Å². The van der Waals surface area contributed by atoms with Crippen molar-refractivity contribution in [1.29, 1.82) is 0 Å². The third-order valence-corrected chi connectivity index (χ3v) is 5.68. The van der Waals surface area contributed by atoms with Crippen molar-refractivity contribution in [3.05, 3.63) is 42.7 Å². The molecular formula is C16H21ClN4O2S. The lowest BCUT2D eigenvalue weighted by Crippen LogP contribution is -2.39. The second kappa shape index (κ2) is 8.02. The van der Waals surface area contributed by atoms with Gasteiger partial charge in [0.1, 0.15) is 4.90 Å². The number of nitrogens with zero attached hydrogens (tertiary/aromatic N) is 2. The number of hydrogen-bond acceptors (Lipinski definition) is 5. The number of hydrogen-bond donors (Lipinski definition) is 2. The van der Waals surface area contributed by atoms with Gasteiger partial charge >= 0.3 is 0 Å². The van der Waals surface area contributed by atoms with E-state index in [1.165, 1.54) is 12.4 Å². The molecule has 2 unspecified atom stereocenters. The fourth-order valence-corrected chi connectivity index (χ4v) is 4.16. The maximum Gasteiger partial charge on any atom is 0.243 e. The van der Waals surface area contributed by atoms with Crippen LogP contribution < -0.4 is 10.5 Å². The van der Waals surface area contributed by atoms with E-state index >= 15 is 0 Å². The molecule has 1 fully saturated rings. The molecule has 3 N–H and O–H groups in total. The summed E-state index contributed by atoms with van der Waals surface area (Å²) in [5, 5.41) is 0. The Bertz CT molecular complexity index is 753. The van der Waals surface area contributed by atoms with Crippen LogP contribution >= 0.6 is 12.4 Å². The number of nitrogens with one attached hydrogen (secondary N) is 1. The quantitative estimate of drug-likeness (QED) is 0.840. The molecule has 3 rings (SSSR count). The van der Waals surface area contributed by atoms with Crippen LogP contribution in [0.15, 0.2) is 47.6 Å². The van der Waals surface area contributed by atoms with E-state index in [4.69, 9.17) is 5.73 Å². The van der Waals surface area contributed by atoms with Crippen LogP contribution in [0.2, 0.25) is 0 Å². The van der Waals surface area contributed by atoms with E-state index in [1.54, 1.807) is 0 Å². The molecule has 0 radical (unpaired) electrons. The molecule has 0 spiro atoms.